The zero-order valence-corrected chi connectivity index (χ0v) is 16.4. The van der Waals surface area contributed by atoms with Crippen molar-refractivity contribution in [3.05, 3.63) is 58.5 Å². The van der Waals surface area contributed by atoms with Crippen LogP contribution in [0.1, 0.15) is 35.0 Å². The normalized spacial score (nSPS) is 10.9. The lowest BCUT2D eigenvalue weighted by molar-refractivity contribution is 0.104. The maximum absolute atomic E-state index is 11.7. The third-order valence-corrected chi connectivity index (χ3v) is 4.73. The molecule has 27 heavy (non-hydrogen) atoms. The van der Waals surface area contributed by atoms with E-state index in [9.17, 15) is 4.79 Å². The summed E-state index contributed by atoms with van der Waals surface area (Å²) in [4.78, 5) is 16.4. The Balaban J connectivity index is 1.97. The SMILES string of the molecule is CCOC(=O)Oc1cc(NCc2c(C)cccc2C)c2nc(C)c(C)n2c1. The number of aromatic nitrogens is 2. The molecule has 0 aliphatic carbocycles. The lowest BCUT2D eigenvalue weighted by Crippen LogP contribution is -2.11. The lowest BCUT2D eigenvalue weighted by atomic mass is 10.0. The molecule has 0 unspecified atom stereocenters. The van der Waals surface area contributed by atoms with Crippen LogP contribution in [0.2, 0.25) is 0 Å². The van der Waals surface area contributed by atoms with Crippen LogP contribution in [0.4, 0.5) is 10.5 Å². The van der Waals surface area contributed by atoms with Crippen LogP contribution in [0, 0.1) is 27.7 Å². The van der Waals surface area contributed by atoms with Crippen molar-refractivity contribution in [3.63, 3.8) is 0 Å². The Labute approximate surface area is 159 Å². The minimum absolute atomic E-state index is 0.266. The summed E-state index contributed by atoms with van der Waals surface area (Å²) in [5.74, 6) is 0.408. The van der Waals surface area contributed by atoms with Crippen molar-refractivity contribution in [2.75, 3.05) is 11.9 Å². The number of fused-ring (bicyclic) bond motifs is 1. The molecule has 142 valence electrons. The molecule has 0 aliphatic rings. The van der Waals surface area contributed by atoms with E-state index in [1.165, 1.54) is 16.7 Å². The van der Waals surface area contributed by atoms with Gasteiger partial charge in [-0.25, -0.2) is 9.78 Å². The number of hydrogen-bond donors (Lipinski definition) is 1. The van der Waals surface area contributed by atoms with Gasteiger partial charge >= 0.3 is 6.16 Å². The monoisotopic (exact) mass is 367 g/mol. The largest absolute Gasteiger partial charge is 0.513 e. The predicted molar refractivity (Wildman–Crippen MR) is 106 cm³/mol. The first-order valence-electron chi connectivity index (χ1n) is 9.03. The number of imidazole rings is 1. The van der Waals surface area contributed by atoms with Crippen LogP contribution < -0.4 is 10.1 Å². The van der Waals surface area contributed by atoms with Crippen LogP contribution in [0.15, 0.2) is 30.5 Å². The molecule has 3 rings (SSSR count). The number of nitrogens with one attached hydrogen (secondary N) is 1. The Hall–Kier alpha value is -3.02. The van der Waals surface area contributed by atoms with Gasteiger partial charge in [0.05, 0.1) is 24.2 Å². The number of nitrogens with zero attached hydrogens (tertiary/aromatic N) is 2. The molecule has 0 saturated carbocycles. The number of rotatable bonds is 5. The van der Waals surface area contributed by atoms with Crippen LogP contribution in [-0.4, -0.2) is 22.1 Å². The van der Waals surface area contributed by atoms with Crippen LogP contribution >= 0.6 is 0 Å². The molecule has 0 bridgehead atoms. The number of carbonyl (C=O) groups is 1. The van der Waals surface area contributed by atoms with Crippen molar-refractivity contribution >= 4 is 17.5 Å². The van der Waals surface area contributed by atoms with E-state index in [2.05, 4.69) is 42.3 Å². The summed E-state index contributed by atoms with van der Waals surface area (Å²) < 4.78 is 12.1. The van der Waals surface area contributed by atoms with Crippen LogP contribution in [0.3, 0.4) is 0 Å². The average molecular weight is 367 g/mol. The van der Waals surface area contributed by atoms with E-state index in [0.29, 0.717) is 12.3 Å². The van der Waals surface area contributed by atoms with Gasteiger partial charge in [0.15, 0.2) is 11.4 Å². The van der Waals surface area contributed by atoms with Crippen molar-refractivity contribution in [2.45, 2.75) is 41.2 Å². The second kappa shape index (κ2) is 7.70. The summed E-state index contributed by atoms with van der Waals surface area (Å²) in [5, 5.41) is 3.46. The predicted octanol–water partition coefficient (Wildman–Crippen LogP) is 4.72. The van der Waals surface area contributed by atoms with Gasteiger partial charge in [-0.2, -0.15) is 0 Å². The van der Waals surface area contributed by atoms with E-state index >= 15 is 0 Å². The minimum atomic E-state index is -0.716. The van der Waals surface area contributed by atoms with E-state index in [0.717, 1.165) is 22.7 Å². The molecule has 6 heteroatoms. The van der Waals surface area contributed by atoms with Crippen LogP contribution in [-0.2, 0) is 11.3 Å². The molecule has 2 aromatic heterocycles. The van der Waals surface area contributed by atoms with Crippen molar-refractivity contribution in [1.82, 2.24) is 9.38 Å². The average Bonchev–Trinajstić information content (AvgIpc) is 2.90. The molecule has 0 saturated heterocycles. The molecule has 2 heterocycles. The highest BCUT2D eigenvalue weighted by Gasteiger charge is 2.14. The first-order valence-corrected chi connectivity index (χ1v) is 9.03. The molecule has 1 N–H and O–H groups in total. The number of benzene rings is 1. The van der Waals surface area contributed by atoms with Gasteiger partial charge in [-0.15, -0.1) is 0 Å². The Morgan fingerprint density at radius 3 is 2.56 bits per heavy atom. The van der Waals surface area contributed by atoms with Gasteiger partial charge < -0.3 is 14.8 Å². The lowest BCUT2D eigenvalue weighted by Gasteiger charge is -2.14. The third kappa shape index (κ3) is 3.89. The molecule has 0 amide bonds. The van der Waals surface area contributed by atoms with Crippen LogP contribution in [0.5, 0.6) is 5.75 Å². The van der Waals surface area contributed by atoms with E-state index in [1.54, 1.807) is 19.2 Å². The molecule has 0 fully saturated rings. The smallest absolute Gasteiger partial charge is 0.434 e. The maximum atomic E-state index is 11.7. The third-order valence-electron chi connectivity index (χ3n) is 4.73. The van der Waals surface area contributed by atoms with E-state index in [4.69, 9.17) is 9.47 Å². The fraction of sp³-hybridized carbons (Fsp3) is 0.333. The molecule has 1 aromatic carbocycles. The topological polar surface area (TPSA) is 64.9 Å². The van der Waals surface area contributed by atoms with Gasteiger partial charge in [-0.3, -0.25) is 4.40 Å². The first-order chi connectivity index (χ1) is 12.9. The number of hydrogen-bond acceptors (Lipinski definition) is 5. The van der Waals surface area contributed by atoms with Gasteiger partial charge in [-0.1, -0.05) is 18.2 Å². The molecule has 6 nitrogen and oxygen atoms in total. The zero-order chi connectivity index (χ0) is 19.6. The van der Waals surface area contributed by atoms with Crippen molar-refractivity contribution in [1.29, 1.82) is 0 Å². The number of pyridine rings is 1. The fourth-order valence-corrected chi connectivity index (χ4v) is 3.09. The molecule has 0 atom stereocenters. The number of ether oxygens (including phenoxy) is 2. The second-order valence-corrected chi connectivity index (χ2v) is 6.57. The summed E-state index contributed by atoms with van der Waals surface area (Å²) >= 11 is 0. The Kier molecular flexibility index (Phi) is 5.35. The van der Waals surface area contributed by atoms with Gasteiger partial charge in [0, 0.05) is 18.3 Å². The molecule has 0 radical (unpaired) electrons. The summed E-state index contributed by atoms with van der Waals surface area (Å²) in [6.07, 6.45) is 1.04. The highest BCUT2D eigenvalue weighted by atomic mass is 16.7. The zero-order valence-electron chi connectivity index (χ0n) is 16.4. The number of anilines is 1. The van der Waals surface area contributed by atoms with Crippen molar-refractivity contribution < 1.29 is 14.3 Å². The maximum Gasteiger partial charge on any atom is 0.513 e. The highest BCUT2D eigenvalue weighted by Crippen LogP contribution is 2.27. The quantitative estimate of drug-likeness (QED) is 0.661. The van der Waals surface area contributed by atoms with E-state index in [-0.39, 0.29) is 6.61 Å². The van der Waals surface area contributed by atoms with E-state index < -0.39 is 6.16 Å². The molecule has 0 aliphatic heterocycles. The summed E-state index contributed by atoms with van der Waals surface area (Å²) in [6.45, 7) is 10.8. The van der Waals surface area contributed by atoms with Gasteiger partial charge in [0.25, 0.3) is 0 Å². The molecular weight excluding hydrogens is 342 g/mol. The first kappa shape index (κ1) is 18.8. The number of carbonyl (C=O) groups excluding carboxylic acids is 1. The highest BCUT2D eigenvalue weighted by molar-refractivity contribution is 5.72. The number of aryl methyl sites for hydroxylation is 4. The van der Waals surface area contributed by atoms with E-state index in [1.807, 2.05) is 18.2 Å². The van der Waals surface area contributed by atoms with Gasteiger partial charge in [-0.05, 0) is 51.3 Å². The van der Waals surface area contributed by atoms with Gasteiger partial charge in [0.1, 0.15) is 0 Å². The summed E-state index contributed by atoms with van der Waals surface area (Å²) in [5.41, 5.74) is 7.23. The second-order valence-electron chi connectivity index (χ2n) is 6.57. The summed E-state index contributed by atoms with van der Waals surface area (Å²) in [7, 11) is 0. The minimum Gasteiger partial charge on any atom is -0.434 e. The molecule has 0 spiro atoms. The van der Waals surface area contributed by atoms with Gasteiger partial charge in [0.2, 0.25) is 0 Å². The standard InChI is InChI=1S/C21H25N3O3/c1-6-26-21(25)27-17-10-19(20-23-15(4)16(5)24(20)12-17)22-11-18-13(2)8-7-9-14(18)3/h7-10,12,22H,6,11H2,1-5H3. The Morgan fingerprint density at radius 2 is 1.89 bits per heavy atom. The van der Waals surface area contributed by atoms with Crippen LogP contribution in [0.25, 0.3) is 5.65 Å². The fourth-order valence-electron chi connectivity index (χ4n) is 3.09. The van der Waals surface area contributed by atoms with Crippen molar-refractivity contribution in [2.24, 2.45) is 0 Å². The molecule has 3 aromatic rings. The molecular formula is C21H25N3O3. The van der Waals surface area contributed by atoms with Crippen molar-refractivity contribution in [3.8, 4) is 5.75 Å². The summed E-state index contributed by atoms with van der Waals surface area (Å²) in [6, 6.07) is 8.04. The Bertz CT molecular complexity index is 972. The Morgan fingerprint density at radius 1 is 1.19 bits per heavy atom.